The van der Waals surface area contributed by atoms with Gasteiger partial charge in [0.05, 0.1) is 18.1 Å². The number of imidazole rings is 1. The zero-order chi connectivity index (χ0) is 11.7. The van der Waals surface area contributed by atoms with Crippen LogP contribution in [-0.2, 0) is 7.05 Å². The minimum absolute atomic E-state index is 0.371. The van der Waals surface area contributed by atoms with E-state index in [0.717, 1.165) is 6.07 Å². The normalized spacial score (nSPS) is 12.8. The molecule has 1 atom stereocenters. The molecule has 84 valence electrons. The van der Waals surface area contributed by atoms with Crippen molar-refractivity contribution < 1.29 is 8.78 Å². The van der Waals surface area contributed by atoms with Gasteiger partial charge in [0.15, 0.2) is 0 Å². The Hall–Kier alpha value is -1.75. The van der Waals surface area contributed by atoms with Crippen LogP contribution in [0.4, 0.5) is 8.78 Å². The average Bonchev–Trinajstić information content (AvgIpc) is 2.62. The van der Waals surface area contributed by atoms with Gasteiger partial charge in [0, 0.05) is 19.3 Å². The Bertz CT molecular complexity index is 487. The SMILES string of the molecule is Cn1cnc(C(N)c2cc(F)cc(F)c2)c1. The molecular formula is C11H11F2N3. The molecule has 3 nitrogen and oxygen atoms in total. The van der Waals surface area contributed by atoms with Crippen molar-refractivity contribution in [1.29, 1.82) is 0 Å². The van der Waals surface area contributed by atoms with E-state index in [0.29, 0.717) is 11.3 Å². The van der Waals surface area contributed by atoms with Crippen LogP contribution in [0.2, 0.25) is 0 Å². The van der Waals surface area contributed by atoms with Gasteiger partial charge in [-0.2, -0.15) is 0 Å². The molecule has 0 saturated heterocycles. The van der Waals surface area contributed by atoms with Crippen molar-refractivity contribution in [3.63, 3.8) is 0 Å². The summed E-state index contributed by atoms with van der Waals surface area (Å²) in [5, 5.41) is 0. The summed E-state index contributed by atoms with van der Waals surface area (Å²) in [6, 6.07) is 2.62. The zero-order valence-electron chi connectivity index (χ0n) is 8.69. The van der Waals surface area contributed by atoms with Crippen LogP contribution in [-0.4, -0.2) is 9.55 Å². The fourth-order valence-electron chi connectivity index (χ4n) is 1.52. The molecule has 0 radical (unpaired) electrons. The third kappa shape index (κ3) is 2.09. The Balaban J connectivity index is 2.37. The molecule has 5 heteroatoms. The summed E-state index contributed by atoms with van der Waals surface area (Å²) in [6.45, 7) is 0. The van der Waals surface area contributed by atoms with Crippen molar-refractivity contribution in [2.45, 2.75) is 6.04 Å². The van der Waals surface area contributed by atoms with Gasteiger partial charge in [0.1, 0.15) is 11.6 Å². The topological polar surface area (TPSA) is 43.8 Å². The largest absolute Gasteiger partial charge is 0.340 e. The van der Waals surface area contributed by atoms with E-state index in [-0.39, 0.29) is 0 Å². The minimum Gasteiger partial charge on any atom is -0.340 e. The van der Waals surface area contributed by atoms with E-state index in [1.807, 2.05) is 0 Å². The van der Waals surface area contributed by atoms with Gasteiger partial charge in [0.2, 0.25) is 0 Å². The first-order chi connectivity index (χ1) is 7.56. The number of hydrogen-bond acceptors (Lipinski definition) is 2. The molecule has 2 rings (SSSR count). The smallest absolute Gasteiger partial charge is 0.126 e. The van der Waals surface area contributed by atoms with Crippen LogP contribution < -0.4 is 5.73 Å². The van der Waals surface area contributed by atoms with Gasteiger partial charge in [-0.15, -0.1) is 0 Å². The highest BCUT2D eigenvalue weighted by Gasteiger charge is 2.13. The molecule has 0 saturated carbocycles. The highest BCUT2D eigenvalue weighted by molar-refractivity contribution is 5.27. The molecule has 0 aliphatic heterocycles. The number of aryl methyl sites for hydroxylation is 1. The Kier molecular flexibility index (Phi) is 2.70. The van der Waals surface area contributed by atoms with E-state index < -0.39 is 17.7 Å². The van der Waals surface area contributed by atoms with Gasteiger partial charge >= 0.3 is 0 Å². The van der Waals surface area contributed by atoms with Crippen LogP contribution in [0, 0.1) is 11.6 Å². The number of nitrogens with two attached hydrogens (primary N) is 1. The van der Waals surface area contributed by atoms with Gasteiger partial charge in [-0.1, -0.05) is 0 Å². The summed E-state index contributed by atoms with van der Waals surface area (Å²) < 4.78 is 27.7. The van der Waals surface area contributed by atoms with Crippen molar-refractivity contribution in [3.05, 3.63) is 53.6 Å². The molecular weight excluding hydrogens is 212 g/mol. The van der Waals surface area contributed by atoms with Crippen molar-refractivity contribution in [2.24, 2.45) is 12.8 Å². The standard InChI is InChI=1S/C11H11F2N3/c1-16-5-10(15-6-16)11(14)7-2-8(12)4-9(13)3-7/h2-6,11H,14H2,1H3. The number of hydrogen-bond donors (Lipinski definition) is 1. The first-order valence-corrected chi connectivity index (χ1v) is 4.75. The molecule has 16 heavy (non-hydrogen) atoms. The number of benzene rings is 1. The predicted octanol–water partition coefficient (Wildman–Crippen LogP) is 1.75. The lowest BCUT2D eigenvalue weighted by molar-refractivity contribution is 0.577. The highest BCUT2D eigenvalue weighted by Crippen LogP contribution is 2.19. The predicted molar refractivity (Wildman–Crippen MR) is 55.6 cm³/mol. The number of aromatic nitrogens is 2. The fraction of sp³-hybridized carbons (Fsp3) is 0.182. The maximum Gasteiger partial charge on any atom is 0.126 e. The van der Waals surface area contributed by atoms with Gasteiger partial charge in [-0.3, -0.25) is 0 Å². The quantitative estimate of drug-likeness (QED) is 0.842. The van der Waals surface area contributed by atoms with Crippen LogP contribution in [0.15, 0.2) is 30.7 Å². The van der Waals surface area contributed by atoms with Crippen molar-refractivity contribution in [3.8, 4) is 0 Å². The van der Waals surface area contributed by atoms with E-state index >= 15 is 0 Å². The van der Waals surface area contributed by atoms with Gasteiger partial charge in [-0.05, 0) is 17.7 Å². The van der Waals surface area contributed by atoms with Crippen molar-refractivity contribution in [1.82, 2.24) is 9.55 Å². The van der Waals surface area contributed by atoms with Gasteiger partial charge < -0.3 is 10.3 Å². The molecule has 2 aromatic rings. The molecule has 0 bridgehead atoms. The first kappa shape index (κ1) is 10.8. The highest BCUT2D eigenvalue weighted by atomic mass is 19.1. The third-order valence-corrected chi connectivity index (χ3v) is 2.29. The molecule has 0 fully saturated rings. The Morgan fingerprint density at radius 3 is 2.38 bits per heavy atom. The van der Waals surface area contributed by atoms with E-state index in [4.69, 9.17) is 5.73 Å². The van der Waals surface area contributed by atoms with Crippen molar-refractivity contribution in [2.75, 3.05) is 0 Å². The first-order valence-electron chi connectivity index (χ1n) is 4.75. The summed E-state index contributed by atoms with van der Waals surface area (Å²) in [5.41, 5.74) is 6.81. The summed E-state index contributed by atoms with van der Waals surface area (Å²) in [5.74, 6) is -1.28. The number of nitrogens with zero attached hydrogens (tertiary/aromatic N) is 2. The van der Waals surface area contributed by atoms with Gasteiger partial charge in [0.25, 0.3) is 0 Å². The second-order valence-corrected chi connectivity index (χ2v) is 3.64. The summed E-state index contributed by atoms with van der Waals surface area (Å²) in [7, 11) is 1.80. The molecule has 1 aromatic heterocycles. The molecule has 2 N–H and O–H groups in total. The van der Waals surface area contributed by atoms with Crippen LogP contribution in [0.25, 0.3) is 0 Å². The lowest BCUT2D eigenvalue weighted by atomic mass is 10.1. The second kappa shape index (κ2) is 4.02. The van der Waals surface area contributed by atoms with Crippen LogP contribution >= 0.6 is 0 Å². The molecule has 0 amide bonds. The van der Waals surface area contributed by atoms with Crippen LogP contribution in [0.5, 0.6) is 0 Å². The molecule has 0 aliphatic rings. The lowest BCUT2D eigenvalue weighted by Gasteiger charge is -2.09. The van der Waals surface area contributed by atoms with Crippen LogP contribution in [0.1, 0.15) is 17.3 Å². The summed E-state index contributed by atoms with van der Waals surface area (Å²) >= 11 is 0. The Labute approximate surface area is 91.5 Å². The average molecular weight is 223 g/mol. The van der Waals surface area contributed by atoms with E-state index in [9.17, 15) is 8.78 Å². The lowest BCUT2D eigenvalue weighted by Crippen LogP contribution is -2.12. The number of halogens is 2. The summed E-state index contributed by atoms with van der Waals surface area (Å²) in [6.07, 6.45) is 3.30. The molecule has 0 spiro atoms. The molecule has 0 aliphatic carbocycles. The van der Waals surface area contributed by atoms with E-state index in [1.54, 1.807) is 24.1 Å². The maximum atomic E-state index is 13.0. The minimum atomic E-state index is -0.638. The number of rotatable bonds is 2. The second-order valence-electron chi connectivity index (χ2n) is 3.64. The van der Waals surface area contributed by atoms with E-state index in [2.05, 4.69) is 4.98 Å². The molecule has 1 aromatic carbocycles. The Morgan fingerprint density at radius 1 is 1.25 bits per heavy atom. The maximum absolute atomic E-state index is 13.0. The fourth-order valence-corrected chi connectivity index (χ4v) is 1.52. The van der Waals surface area contributed by atoms with Crippen LogP contribution in [0.3, 0.4) is 0 Å². The Morgan fingerprint density at radius 2 is 1.88 bits per heavy atom. The van der Waals surface area contributed by atoms with Gasteiger partial charge in [-0.25, -0.2) is 13.8 Å². The zero-order valence-corrected chi connectivity index (χ0v) is 8.69. The van der Waals surface area contributed by atoms with Crippen molar-refractivity contribution >= 4 is 0 Å². The van der Waals surface area contributed by atoms with E-state index in [1.165, 1.54) is 12.1 Å². The third-order valence-electron chi connectivity index (χ3n) is 2.29. The molecule has 1 heterocycles. The monoisotopic (exact) mass is 223 g/mol. The summed E-state index contributed by atoms with van der Waals surface area (Å²) in [4.78, 5) is 4.04. The molecule has 1 unspecified atom stereocenters.